The zero-order valence-electron chi connectivity index (χ0n) is 8.50. The van der Waals surface area contributed by atoms with E-state index in [0.29, 0.717) is 16.4 Å². The van der Waals surface area contributed by atoms with E-state index in [1.165, 1.54) is 0 Å². The minimum absolute atomic E-state index is 0.125. The highest BCUT2D eigenvalue weighted by molar-refractivity contribution is 6.34. The highest BCUT2D eigenvalue weighted by Crippen LogP contribution is 2.37. The normalized spacial score (nSPS) is 17.6. The molecule has 0 radical (unpaired) electrons. The summed E-state index contributed by atoms with van der Waals surface area (Å²) in [5.41, 5.74) is 5.70. The van der Waals surface area contributed by atoms with Gasteiger partial charge in [0.15, 0.2) is 11.3 Å². The van der Waals surface area contributed by atoms with Crippen LogP contribution < -0.4 is 5.73 Å². The van der Waals surface area contributed by atoms with E-state index in [1.54, 1.807) is 12.1 Å². The second kappa shape index (κ2) is 3.09. The van der Waals surface area contributed by atoms with Crippen LogP contribution in [0.4, 0.5) is 0 Å². The molecule has 1 aromatic heterocycles. The molecule has 16 heavy (non-hydrogen) atoms. The number of fused-ring (bicyclic) bond motifs is 1. The SMILES string of the molecule is NC1(C(=O)c2cc3cccc(Cl)c3o2)CC1. The zero-order valence-corrected chi connectivity index (χ0v) is 9.25. The number of halogens is 1. The number of furan rings is 1. The van der Waals surface area contributed by atoms with Crippen molar-refractivity contribution in [2.75, 3.05) is 0 Å². The lowest BCUT2D eigenvalue weighted by molar-refractivity contribution is 0.0924. The number of ketones is 1. The van der Waals surface area contributed by atoms with Crippen LogP contribution in [0.2, 0.25) is 5.02 Å². The molecular formula is C12H10ClNO2. The molecule has 1 aliphatic rings. The number of Topliss-reactive ketones (excluding diaryl/α,β-unsaturated/α-hetero) is 1. The topological polar surface area (TPSA) is 56.2 Å². The van der Waals surface area contributed by atoms with Gasteiger partial charge in [0, 0.05) is 5.39 Å². The molecule has 82 valence electrons. The fraction of sp³-hybridized carbons (Fsp3) is 0.250. The van der Waals surface area contributed by atoms with Crippen LogP contribution in [-0.2, 0) is 0 Å². The first-order chi connectivity index (χ1) is 7.60. The van der Waals surface area contributed by atoms with E-state index in [-0.39, 0.29) is 5.78 Å². The number of hydrogen-bond donors (Lipinski definition) is 1. The molecule has 1 heterocycles. The fourth-order valence-corrected chi connectivity index (χ4v) is 1.97. The van der Waals surface area contributed by atoms with E-state index < -0.39 is 5.54 Å². The molecule has 1 saturated carbocycles. The van der Waals surface area contributed by atoms with Crippen LogP contribution in [0.5, 0.6) is 0 Å². The average molecular weight is 236 g/mol. The number of benzene rings is 1. The molecule has 1 fully saturated rings. The molecule has 4 heteroatoms. The van der Waals surface area contributed by atoms with E-state index in [1.807, 2.05) is 12.1 Å². The largest absolute Gasteiger partial charge is 0.451 e. The second-order valence-electron chi connectivity index (χ2n) is 4.25. The summed E-state index contributed by atoms with van der Waals surface area (Å²) in [6, 6.07) is 7.12. The summed E-state index contributed by atoms with van der Waals surface area (Å²) in [5.74, 6) is 0.183. The third kappa shape index (κ3) is 1.36. The van der Waals surface area contributed by atoms with Crippen molar-refractivity contribution in [2.24, 2.45) is 5.73 Å². The van der Waals surface area contributed by atoms with Crippen molar-refractivity contribution in [1.29, 1.82) is 0 Å². The van der Waals surface area contributed by atoms with Gasteiger partial charge in [0.2, 0.25) is 5.78 Å². The molecule has 2 N–H and O–H groups in total. The summed E-state index contributed by atoms with van der Waals surface area (Å²) in [6.45, 7) is 0. The smallest absolute Gasteiger partial charge is 0.217 e. The Morgan fingerprint density at radius 3 is 2.81 bits per heavy atom. The highest BCUT2D eigenvalue weighted by atomic mass is 35.5. The lowest BCUT2D eigenvalue weighted by Gasteiger charge is -2.02. The fourth-order valence-electron chi connectivity index (χ4n) is 1.75. The van der Waals surface area contributed by atoms with Gasteiger partial charge < -0.3 is 10.2 Å². The van der Waals surface area contributed by atoms with Gasteiger partial charge in [0.1, 0.15) is 0 Å². The molecule has 1 aliphatic carbocycles. The zero-order chi connectivity index (χ0) is 11.3. The Labute approximate surface area is 97.2 Å². The number of carbonyl (C=O) groups excluding carboxylic acids is 1. The van der Waals surface area contributed by atoms with Gasteiger partial charge in [-0.15, -0.1) is 0 Å². The third-order valence-corrected chi connectivity index (χ3v) is 3.26. The van der Waals surface area contributed by atoms with Gasteiger partial charge in [0.05, 0.1) is 10.6 Å². The number of nitrogens with two attached hydrogens (primary N) is 1. The van der Waals surface area contributed by atoms with Crippen molar-refractivity contribution in [2.45, 2.75) is 18.4 Å². The molecule has 3 nitrogen and oxygen atoms in total. The number of para-hydroxylation sites is 1. The van der Waals surface area contributed by atoms with E-state index in [0.717, 1.165) is 18.2 Å². The molecule has 2 aromatic rings. The van der Waals surface area contributed by atoms with Crippen LogP contribution in [0, 0.1) is 0 Å². The first kappa shape index (κ1) is 9.87. The maximum Gasteiger partial charge on any atom is 0.217 e. The van der Waals surface area contributed by atoms with Crippen LogP contribution in [0.15, 0.2) is 28.7 Å². The van der Waals surface area contributed by atoms with E-state index in [9.17, 15) is 4.79 Å². The highest BCUT2D eigenvalue weighted by Gasteiger charge is 2.47. The van der Waals surface area contributed by atoms with Crippen LogP contribution in [0.1, 0.15) is 23.4 Å². The Kier molecular flexibility index (Phi) is 1.91. The Bertz CT molecular complexity index is 584. The quantitative estimate of drug-likeness (QED) is 0.815. The first-order valence-electron chi connectivity index (χ1n) is 5.12. The van der Waals surface area contributed by atoms with Gasteiger partial charge in [-0.3, -0.25) is 4.79 Å². The maximum atomic E-state index is 11.9. The standard InChI is InChI=1S/C12H10ClNO2/c13-8-3-1-2-7-6-9(16-10(7)8)11(15)12(14)4-5-12/h1-3,6H,4-5,14H2. The van der Waals surface area contributed by atoms with E-state index >= 15 is 0 Å². The second-order valence-corrected chi connectivity index (χ2v) is 4.66. The van der Waals surface area contributed by atoms with Crippen LogP contribution >= 0.6 is 11.6 Å². The molecular weight excluding hydrogens is 226 g/mol. The Balaban J connectivity index is 2.12. The van der Waals surface area contributed by atoms with Crippen LogP contribution in [0.25, 0.3) is 11.0 Å². The van der Waals surface area contributed by atoms with Crippen LogP contribution in [0.3, 0.4) is 0 Å². The van der Waals surface area contributed by atoms with Gasteiger partial charge in [-0.2, -0.15) is 0 Å². The van der Waals surface area contributed by atoms with E-state index in [4.69, 9.17) is 21.8 Å². The lowest BCUT2D eigenvalue weighted by atomic mass is 10.1. The molecule has 1 aromatic carbocycles. The summed E-state index contributed by atoms with van der Waals surface area (Å²) in [4.78, 5) is 11.9. The molecule has 3 rings (SSSR count). The minimum atomic E-state index is -0.694. The van der Waals surface area contributed by atoms with Gasteiger partial charge in [-0.25, -0.2) is 0 Å². The lowest BCUT2D eigenvalue weighted by Crippen LogP contribution is -2.32. The predicted octanol–water partition coefficient (Wildman–Crippen LogP) is 2.76. The van der Waals surface area contributed by atoms with Gasteiger partial charge in [0.25, 0.3) is 0 Å². The van der Waals surface area contributed by atoms with Crippen molar-refractivity contribution in [1.82, 2.24) is 0 Å². The number of carbonyl (C=O) groups is 1. The first-order valence-corrected chi connectivity index (χ1v) is 5.50. The Morgan fingerprint density at radius 2 is 2.19 bits per heavy atom. The van der Waals surface area contributed by atoms with E-state index in [2.05, 4.69) is 0 Å². The van der Waals surface area contributed by atoms with Gasteiger partial charge in [-0.05, 0) is 25.0 Å². The summed E-state index contributed by atoms with van der Waals surface area (Å²) >= 11 is 5.97. The molecule has 0 bridgehead atoms. The van der Waals surface area contributed by atoms with Crippen molar-refractivity contribution in [3.8, 4) is 0 Å². The van der Waals surface area contributed by atoms with Crippen LogP contribution in [-0.4, -0.2) is 11.3 Å². The molecule has 0 unspecified atom stereocenters. The molecule has 0 aliphatic heterocycles. The van der Waals surface area contributed by atoms with Crippen molar-refractivity contribution in [3.05, 3.63) is 35.0 Å². The van der Waals surface area contributed by atoms with Gasteiger partial charge >= 0.3 is 0 Å². The Morgan fingerprint density at radius 1 is 1.44 bits per heavy atom. The van der Waals surface area contributed by atoms with Crippen molar-refractivity contribution < 1.29 is 9.21 Å². The van der Waals surface area contributed by atoms with Gasteiger partial charge in [-0.1, -0.05) is 23.7 Å². The third-order valence-electron chi connectivity index (χ3n) is 2.96. The minimum Gasteiger partial charge on any atom is -0.451 e. The molecule has 0 spiro atoms. The molecule has 0 atom stereocenters. The van der Waals surface area contributed by atoms with Crippen molar-refractivity contribution in [3.63, 3.8) is 0 Å². The predicted molar refractivity (Wildman–Crippen MR) is 61.7 cm³/mol. The summed E-state index contributed by atoms with van der Waals surface area (Å²) in [7, 11) is 0. The monoisotopic (exact) mass is 235 g/mol. The molecule has 0 amide bonds. The maximum absolute atomic E-state index is 11.9. The number of rotatable bonds is 2. The summed E-state index contributed by atoms with van der Waals surface area (Å²) in [5, 5.41) is 1.35. The summed E-state index contributed by atoms with van der Waals surface area (Å²) in [6.07, 6.45) is 1.47. The van der Waals surface area contributed by atoms with Crippen molar-refractivity contribution >= 4 is 28.4 Å². The number of hydrogen-bond acceptors (Lipinski definition) is 3. The average Bonchev–Trinajstić information content (AvgIpc) is 2.86. The summed E-state index contributed by atoms with van der Waals surface area (Å²) < 4.78 is 5.47. The molecule has 0 saturated heterocycles. The Hall–Kier alpha value is -1.32.